The molecular formula is C21H29N3O3. The van der Waals surface area contributed by atoms with Gasteiger partial charge >= 0.3 is 6.03 Å². The molecule has 6 heteroatoms. The van der Waals surface area contributed by atoms with Crippen molar-refractivity contribution in [3.05, 3.63) is 29.3 Å². The number of nitrogens with zero attached hydrogens (tertiary/aromatic N) is 1. The van der Waals surface area contributed by atoms with Gasteiger partial charge in [0.1, 0.15) is 12.1 Å². The van der Waals surface area contributed by atoms with E-state index in [0.717, 1.165) is 22.4 Å². The van der Waals surface area contributed by atoms with E-state index in [4.69, 9.17) is 0 Å². The summed E-state index contributed by atoms with van der Waals surface area (Å²) in [5.41, 5.74) is 1.84. The monoisotopic (exact) mass is 371 g/mol. The summed E-state index contributed by atoms with van der Waals surface area (Å²) in [6.07, 6.45) is 2.24. The fraction of sp³-hybridized carbons (Fsp3) is 0.571. The average Bonchev–Trinajstić information content (AvgIpc) is 2.73. The third-order valence-corrected chi connectivity index (χ3v) is 5.80. The highest BCUT2D eigenvalue weighted by Crippen LogP contribution is 2.46. The molecule has 1 aromatic rings. The quantitative estimate of drug-likeness (QED) is 0.800. The van der Waals surface area contributed by atoms with Gasteiger partial charge in [-0.3, -0.25) is 14.5 Å². The maximum absolute atomic E-state index is 13.1. The molecule has 1 aliphatic carbocycles. The minimum atomic E-state index is -0.877. The van der Waals surface area contributed by atoms with Crippen molar-refractivity contribution in [2.45, 2.75) is 59.4 Å². The van der Waals surface area contributed by atoms with Crippen LogP contribution in [0.2, 0.25) is 0 Å². The first-order valence-electron chi connectivity index (χ1n) is 9.53. The summed E-state index contributed by atoms with van der Waals surface area (Å²) in [7, 11) is 0. The van der Waals surface area contributed by atoms with Crippen LogP contribution in [0.15, 0.2) is 18.2 Å². The number of benzene rings is 1. The van der Waals surface area contributed by atoms with Gasteiger partial charge in [-0.1, -0.05) is 32.9 Å². The van der Waals surface area contributed by atoms with E-state index in [9.17, 15) is 14.4 Å². The van der Waals surface area contributed by atoms with Crippen molar-refractivity contribution in [2.75, 3.05) is 11.9 Å². The molecule has 1 spiro atoms. The van der Waals surface area contributed by atoms with E-state index >= 15 is 0 Å². The Kier molecular flexibility index (Phi) is 4.78. The number of carbonyl (C=O) groups excluding carboxylic acids is 3. The van der Waals surface area contributed by atoms with E-state index in [1.54, 1.807) is 0 Å². The number of urea groups is 1. The molecule has 6 nitrogen and oxygen atoms in total. The zero-order valence-electron chi connectivity index (χ0n) is 16.8. The molecular weight excluding hydrogens is 342 g/mol. The molecule has 2 unspecified atom stereocenters. The maximum atomic E-state index is 13.1. The van der Waals surface area contributed by atoms with Crippen LogP contribution < -0.4 is 10.6 Å². The van der Waals surface area contributed by atoms with E-state index in [-0.39, 0.29) is 23.8 Å². The van der Waals surface area contributed by atoms with Crippen LogP contribution in [0.3, 0.4) is 0 Å². The highest BCUT2D eigenvalue weighted by atomic mass is 16.2. The molecule has 1 saturated heterocycles. The molecule has 146 valence electrons. The molecule has 1 heterocycles. The molecule has 2 N–H and O–H groups in total. The average molecular weight is 371 g/mol. The molecule has 1 saturated carbocycles. The van der Waals surface area contributed by atoms with E-state index in [2.05, 4.69) is 31.4 Å². The molecule has 27 heavy (non-hydrogen) atoms. The van der Waals surface area contributed by atoms with Crippen LogP contribution >= 0.6 is 0 Å². The Labute approximate surface area is 160 Å². The predicted octanol–water partition coefficient (Wildman–Crippen LogP) is 3.38. The van der Waals surface area contributed by atoms with Crippen molar-refractivity contribution in [1.82, 2.24) is 10.2 Å². The third-order valence-electron chi connectivity index (χ3n) is 5.80. The van der Waals surface area contributed by atoms with Gasteiger partial charge in [0.25, 0.3) is 5.91 Å². The molecule has 3 rings (SSSR count). The first-order valence-corrected chi connectivity index (χ1v) is 9.53. The molecule has 4 amide bonds. The molecule has 0 aromatic heterocycles. The van der Waals surface area contributed by atoms with Crippen LogP contribution in [0.5, 0.6) is 0 Å². The maximum Gasteiger partial charge on any atom is 0.325 e. The molecule has 2 atom stereocenters. The summed E-state index contributed by atoms with van der Waals surface area (Å²) in [6, 6.07) is 5.18. The fourth-order valence-corrected chi connectivity index (χ4v) is 4.87. The summed E-state index contributed by atoms with van der Waals surface area (Å²) in [5.74, 6) is -0.308. The van der Waals surface area contributed by atoms with Gasteiger partial charge in [0.05, 0.1) is 0 Å². The smallest absolute Gasteiger partial charge is 0.324 e. The Hall–Kier alpha value is -2.37. The minimum Gasteiger partial charge on any atom is -0.324 e. The Bertz CT molecular complexity index is 802. The van der Waals surface area contributed by atoms with Crippen LogP contribution in [-0.4, -0.2) is 34.8 Å². The lowest BCUT2D eigenvalue weighted by molar-refractivity contribution is -0.136. The van der Waals surface area contributed by atoms with Gasteiger partial charge in [-0.25, -0.2) is 4.79 Å². The first-order chi connectivity index (χ1) is 12.5. The number of nitrogens with one attached hydrogen (secondary N) is 2. The van der Waals surface area contributed by atoms with Crippen molar-refractivity contribution in [2.24, 2.45) is 11.3 Å². The fourth-order valence-electron chi connectivity index (χ4n) is 4.87. The summed E-state index contributed by atoms with van der Waals surface area (Å²) in [6.45, 7) is 9.99. The normalized spacial score (nSPS) is 27.0. The number of amides is 4. The molecule has 2 fully saturated rings. The Morgan fingerprint density at radius 3 is 2.63 bits per heavy atom. The van der Waals surface area contributed by atoms with E-state index in [0.29, 0.717) is 24.4 Å². The van der Waals surface area contributed by atoms with Gasteiger partial charge in [-0.2, -0.15) is 0 Å². The zero-order chi connectivity index (χ0) is 20.0. The highest BCUT2D eigenvalue weighted by Gasteiger charge is 2.56. The summed E-state index contributed by atoms with van der Waals surface area (Å²) >= 11 is 0. The van der Waals surface area contributed by atoms with Crippen molar-refractivity contribution in [3.8, 4) is 0 Å². The highest BCUT2D eigenvalue weighted by molar-refractivity contribution is 6.10. The van der Waals surface area contributed by atoms with Crippen molar-refractivity contribution in [1.29, 1.82) is 0 Å². The van der Waals surface area contributed by atoms with Crippen LogP contribution in [0, 0.1) is 25.2 Å². The van der Waals surface area contributed by atoms with Crippen LogP contribution in [0.1, 0.15) is 51.2 Å². The molecule has 2 aliphatic rings. The van der Waals surface area contributed by atoms with Crippen molar-refractivity contribution >= 4 is 23.5 Å². The third kappa shape index (κ3) is 3.70. The van der Waals surface area contributed by atoms with Gasteiger partial charge in [0.15, 0.2) is 0 Å². The summed E-state index contributed by atoms with van der Waals surface area (Å²) < 4.78 is 0. The summed E-state index contributed by atoms with van der Waals surface area (Å²) in [4.78, 5) is 39.2. The number of imide groups is 1. The Morgan fingerprint density at radius 2 is 1.96 bits per heavy atom. The zero-order valence-corrected chi connectivity index (χ0v) is 16.8. The Balaban J connectivity index is 1.74. The lowest BCUT2D eigenvalue weighted by Gasteiger charge is -2.43. The lowest BCUT2D eigenvalue weighted by Crippen LogP contribution is -2.54. The SMILES string of the molecule is Cc1cccc(NC(=O)CN2C(=O)NC3(CC(C)CC(C)(C)C3)C2=O)c1C. The van der Waals surface area contributed by atoms with E-state index in [1.807, 2.05) is 32.0 Å². The van der Waals surface area contributed by atoms with Crippen molar-refractivity contribution in [3.63, 3.8) is 0 Å². The molecule has 0 radical (unpaired) electrons. The second kappa shape index (κ2) is 6.66. The van der Waals surface area contributed by atoms with Gasteiger partial charge in [0, 0.05) is 5.69 Å². The van der Waals surface area contributed by atoms with E-state index in [1.165, 1.54) is 0 Å². The standard InChI is InChI=1S/C21H29N3O3/c1-13-9-20(4,5)12-21(10-13)18(26)24(19(27)23-21)11-17(25)22-16-8-6-7-14(2)15(16)3/h6-8,13H,9-12H2,1-5H3,(H,22,25)(H,23,27). The van der Waals surface area contributed by atoms with Crippen molar-refractivity contribution < 1.29 is 14.4 Å². The van der Waals surface area contributed by atoms with Crippen LogP contribution in [0.25, 0.3) is 0 Å². The predicted molar refractivity (Wildman–Crippen MR) is 104 cm³/mol. The molecule has 1 aromatic carbocycles. The van der Waals surface area contributed by atoms with Gasteiger partial charge < -0.3 is 10.6 Å². The lowest BCUT2D eigenvalue weighted by atomic mass is 9.64. The van der Waals surface area contributed by atoms with Gasteiger partial charge in [0.2, 0.25) is 5.91 Å². The largest absolute Gasteiger partial charge is 0.325 e. The number of carbonyl (C=O) groups is 3. The second-order valence-electron chi connectivity index (χ2n) is 9.05. The Morgan fingerprint density at radius 1 is 1.26 bits per heavy atom. The van der Waals surface area contributed by atoms with Gasteiger partial charge in [-0.15, -0.1) is 0 Å². The minimum absolute atomic E-state index is 0.0302. The summed E-state index contributed by atoms with van der Waals surface area (Å²) in [5, 5.41) is 5.72. The number of rotatable bonds is 3. The topological polar surface area (TPSA) is 78.5 Å². The first kappa shape index (κ1) is 19.4. The number of hydrogen-bond acceptors (Lipinski definition) is 3. The number of aryl methyl sites for hydroxylation is 1. The second-order valence-corrected chi connectivity index (χ2v) is 9.05. The van der Waals surface area contributed by atoms with Crippen LogP contribution in [0.4, 0.5) is 10.5 Å². The van der Waals surface area contributed by atoms with Gasteiger partial charge in [-0.05, 0) is 61.6 Å². The number of anilines is 1. The van der Waals surface area contributed by atoms with E-state index < -0.39 is 11.6 Å². The van der Waals surface area contributed by atoms with Crippen LogP contribution in [-0.2, 0) is 9.59 Å². The molecule has 0 bridgehead atoms. The molecule has 1 aliphatic heterocycles. The number of hydrogen-bond donors (Lipinski definition) is 2.